The van der Waals surface area contributed by atoms with Crippen LogP contribution in [0.5, 0.6) is 0 Å². The van der Waals surface area contributed by atoms with Gasteiger partial charge in [0.15, 0.2) is 0 Å². The van der Waals surface area contributed by atoms with Gasteiger partial charge in [-0.25, -0.2) is 0 Å². The molecule has 90 valence electrons. The normalized spacial score (nSPS) is 19.8. The molecule has 1 saturated heterocycles. The minimum absolute atomic E-state index is 0.0350. The average molecular weight is 252 g/mol. The van der Waals surface area contributed by atoms with Crippen molar-refractivity contribution in [1.82, 2.24) is 0 Å². The molecule has 1 heterocycles. The molecule has 3 nitrogen and oxygen atoms in total. The number of carbonyl (C=O) groups is 2. The summed E-state index contributed by atoms with van der Waals surface area (Å²) < 4.78 is 0. The van der Waals surface area contributed by atoms with E-state index in [0.717, 1.165) is 11.3 Å². The lowest BCUT2D eigenvalue weighted by molar-refractivity contribution is -0.120. The maximum atomic E-state index is 11.8. The van der Waals surface area contributed by atoms with E-state index in [0.29, 0.717) is 6.54 Å². The van der Waals surface area contributed by atoms with Crippen molar-refractivity contribution in [3.05, 3.63) is 29.3 Å². The molecule has 0 aliphatic carbocycles. The van der Waals surface area contributed by atoms with Crippen molar-refractivity contribution >= 4 is 28.4 Å². The monoisotopic (exact) mass is 251 g/mol. The number of nitrogens with zero attached hydrogens (tertiary/aromatic N) is 1. The number of halogens is 1. The van der Waals surface area contributed by atoms with Gasteiger partial charge in [0.05, 0.1) is 5.92 Å². The van der Waals surface area contributed by atoms with Crippen molar-refractivity contribution in [3.8, 4) is 0 Å². The third-order valence-corrected chi connectivity index (χ3v) is 3.56. The van der Waals surface area contributed by atoms with Gasteiger partial charge >= 0.3 is 0 Å². The Morgan fingerprint density at radius 3 is 2.59 bits per heavy atom. The maximum absolute atomic E-state index is 11.8. The molecule has 2 rings (SSSR count). The average Bonchev–Trinajstić information content (AvgIpc) is 2.65. The first-order valence-electron chi connectivity index (χ1n) is 5.56. The standard InChI is InChI=1S/C13H14ClNO2/c1-8-3-4-11(5-9(8)2)15-7-10(13(14)17)6-12(15)16/h3-5,10H,6-7H2,1-2H3/t10-/m0/s1. The summed E-state index contributed by atoms with van der Waals surface area (Å²) in [5.74, 6) is -0.405. The zero-order valence-corrected chi connectivity index (χ0v) is 10.6. The molecule has 1 atom stereocenters. The van der Waals surface area contributed by atoms with Crippen LogP contribution in [-0.2, 0) is 9.59 Å². The number of amides is 1. The fourth-order valence-corrected chi connectivity index (χ4v) is 2.15. The number of carbonyl (C=O) groups excluding carboxylic acids is 2. The van der Waals surface area contributed by atoms with Crippen molar-refractivity contribution in [2.45, 2.75) is 20.3 Å². The van der Waals surface area contributed by atoms with Crippen LogP contribution in [0.15, 0.2) is 18.2 Å². The van der Waals surface area contributed by atoms with E-state index in [-0.39, 0.29) is 18.2 Å². The van der Waals surface area contributed by atoms with Gasteiger partial charge in [-0.15, -0.1) is 0 Å². The topological polar surface area (TPSA) is 37.4 Å². The lowest BCUT2D eigenvalue weighted by Crippen LogP contribution is -2.25. The lowest BCUT2D eigenvalue weighted by Gasteiger charge is -2.17. The van der Waals surface area contributed by atoms with Crippen LogP contribution >= 0.6 is 11.6 Å². The predicted octanol–water partition coefficient (Wildman–Crippen LogP) is 2.42. The van der Waals surface area contributed by atoms with Gasteiger partial charge in [-0.2, -0.15) is 0 Å². The Balaban J connectivity index is 2.26. The second kappa shape index (κ2) is 4.49. The predicted molar refractivity (Wildman–Crippen MR) is 67.2 cm³/mol. The smallest absolute Gasteiger partial charge is 0.227 e. The van der Waals surface area contributed by atoms with E-state index >= 15 is 0 Å². The van der Waals surface area contributed by atoms with Crippen molar-refractivity contribution in [2.75, 3.05) is 11.4 Å². The summed E-state index contributed by atoms with van der Waals surface area (Å²) >= 11 is 5.44. The second-order valence-corrected chi connectivity index (χ2v) is 4.85. The SMILES string of the molecule is Cc1ccc(N2C[C@@H](C(=O)Cl)CC2=O)cc1C. The van der Waals surface area contributed by atoms with Crippen LogP contribution in [0.3, 0.4) is 0 Å². The molecule has 0 bridgehead atoms. The van der Waals surface area contributed by atoms with Gasteiger partial charge in [-0.05, 0) is 48.7 Å². The Labute approximate surface area is 105 Å². The summed E-state index contributed by atoms with van der Waals surface area (Å²) in [6, 6.07) is 5.85. The highest BCUT2D eigenvalue weighted by Crippen LogP contribution is 2.27. The van der Waals surface area contributed by atoms with Crippen LogP contribution in [0.25, 0.3) is 0 Å². The highest BCUT2D eigenvalue weighted by atomic mass is 35.5. The summed E-state index contributed by atoms with van der Waals surface area (Å²) in [5.41, 5.74) is 3.17. The molecule has 0 spiro atoms. The molecule has 1 aliphatic rings. The first kappa shape index (κ1) is 12.1. The van der Waals surface area contributed by atoms with Crippen LogP contribution in [-0.4, -0.2) is 17.7 Å². The Morgan fingerprint density at radius 1 is 1.35 bits per heavy atom. The van der Waals surface area contributed by atoms with Gasteiger partial charge in [0.2, 0.25) is 11.1 Å². The molecule has 0 N–H and O–H groups in total. The Morgan fingerprint density at radius 2 is 2.06 bits per heavy atom. The van der Waals surface area contributed by atoms with E-state index < -0.39 is 5.24 Å². The molecule has 1 aliphatic heterocycles. The molecule has 17 heavy (non-hydrogen) atoms. The number of benzene rings is 1. The first-order valence-corrected chi connectivity index (χ1v) is 5.94. The highest BCUT2D eigenvalue weighted by Gasteiger charge is 2.34. The minimum atomic E-state index is -0.426. The number of hydrogen-bond donors (Lipinski definition) is 0. The molecule has 0 aromatic heterocycles. The maximum Gasteiger partial charge on any atom is 0.227 e. The summed E-state index contributed by atoms with van der Waals surface area (Å²) in [5, 5.41) is -0.426. The molecule has 1 fully saturated rings. The van der Waals surface area contributed by atoms with Crippen molar-refractivity contribution < 1.29 is 9.59 Å². The van der Waals surface area contributed by atoms with Gasteiger partial charge in [0, 0.05) is 18.7 Å². The van der Waals surface area contributed by atoms with E-state index in [2.05, 4.69) is 0 Å². The van der Waals surface area contributed by atoms with Gasteiger partial charge in [0.1, 0.15) is 0 Å². The fraction of sp³-hybridized carbons (Fsp3) is 0.385. The Kier molecular flexibility index (Phi) is 3.20. The summed E-state index contributed by atoms with van der Waals surface area (Å²) in [4.78, 5) is 24.5. The summed E-state index contributed by atoms with van der Waals surface area (Å²) in [6.07, 6.45) is 0.218. The summed E-state index contributed by atoms with van der Waals surface area (Å²) in [6.45, 7) is 4.42. The van der Waals surface area contributed by atoms with E-state index in [1.54, 1.807) is 4.90 Å². The van der Waals surface area contributed by atoms with Crippen molar-refractivity contribution in [3.63, 3.8) is 0 Å². The number of rotatable bonds is 2. The van der Waals surface area contributed by atoms with Gasteiger partial charge < -0.3 is 4.90 Å². The largest absolute Gasteiger partial charge is 0.312 e. The van der Waals surface area contributed by atoms with Crippen LogP contribution in [0, 0.1) is 19.8 Å². The van der Waals surface area contributed by atoms with Gasteiger partial charge in [-0.1, -0.05) is 6.07 Å². The van der Waals surface area contributed by atoms with Gasteiger partial charge in [0.25, 0.3) is 0 Å². The molecule has 1 amide bonds. The number of aryl methyl sites for hydroxylation is 2. The minimum Gasteiger partial charge on any atom is -0.312 e. The third-order valence-electron chi connectivity index (χ3n) is 3.25. The van der Waals surface area contributed by atoms with Crippen LogP contribution in [0.4, 0.5) is 5.69 Å². The van der Waals surface area contributed by atoms with Crippen molar-refractivity contribution in [2.24, 2.45) is 5.92 Å². The molecule has 1 aromatic carbocycles. The van der Waals surface area contributed by atoms with Crippen LogP contribution in [0.2, 0.25) is 0 Å². The Hall–Kier alpha value is -1.35. The summed E-state index contributed by atoms with van der Waals surface area (Å²) in [7, 11) is 0. The molecular weight excluding hydrogens is 238 g/mol. The third kappa shape index (κ3) is 2.34. The zero-order valence-electron chi connectivity index (χ0n) is 9.87. The van der Waals surface area contributed by atoms with Crippen molar-refractivity contribution in [1.29, 1.82) is 0 Å². The van der Waals surface area contributed by atoms with E-state index in [4.69, 9.17) is 11.6 Å². The first-order chi connectivity index (χ1) is 7.99. The lowest BCUT2D eigenvalue weighted by atomic mass is 10.1. The van der Waals surface area contributed by atoms with Crippen LogP contribution < -0.4 is 4.90 Å². The zero-order chi connectivity index (χ0) is 12.6. The molecule has 4 heteroatoms. The van der Waals surface area contributed by atoms with E-state index in [1.165, 1.54) is 5.56 Å². The molecule has 0 radical (unpaired) electrons. The number of anilines is 1. The Bertz CT molecular complexity index is 484. The van der Waals surface area contributed by atoms with E-state index in [1.807, 2.05) is 32.0 Å². The number of hydrogen-bond acceptors (Lipinski definition) is 2. The molecule has 0 saturated carbocycles. The van der Waals surface area contributed by atoms with Crippen LogP contribution in [0.1, 0.15) is 17.5 Å². The highest BCUT2D eigenvalue weighted by molar-refractivity contribution is 6.64. The van der Waals surface area contributed by atoms with E-state index in [9.17, 15) is 9.59 Å². The molecule has 0 unspecified atom stereocenters. The van der Waals surface area contributed by atoms with Gasteiger partial charge in [-0.3, -0.25) is 9.59 Å². The molecule has 1 aromatic rings. The molecular formula is C13H14ClNO2. The second-order valence-electron chi connectivity index (χ2n) is 4.48. The quantitative estimate of drug-likeness (QED) is 0.757. The fourth-order valence-electron chi connectivity index (χ4n) is 2.00.